The van der Waals surface area contributed by atoms with Crippen LogP contribution in [0.25, 0.3) is 10.1 Å². The van der Waals surface area contributed by atoms with E-state index >= 15 is 0 Å². The molecule has 0 bridgehead atoms. The largest absolute Gasteiger partial charge is 0.309 e. The molecule has 0 unspecified atom stereocenters. The van der Waals surface area contributed by atoms with Crippen LogP contribution in [0.2, 0.25) is 0 Å². The summed E-state index contributed by atoms with van der Waals surface area (Å²) in [7, 11) is 0. The van der Waals surface area contributed by atoms with Crippen molar-refractivity contribution in [3.63, 3.8) is 0 Å². The number of amides is 1. The third-order valence-electron chi connectivity index (χ3n) is 3.57. The highest BCUT2D eigenvalue weighted by Crippen LogP contribution is 2.29. The molecule has 0 radical (unpaired) electrons. The van der Waals surface area contributed by atoms with E-state index < -0.39 is 17.6 Å². The number of nitrogens with one attached hydrogen (secondary N) is 1. The summed E-state index contributed by atoms with van der Waals surface area (Å²) in [6, 6.07) is 12.5. The number of ketones is 1. The normalized spacial score (nSPS) is 11.7. The molecule has 1 amide bonds. The highest BCUT2D eigenvalue weighted by molar-refractivity contribution is 7.17. The van der Waals surface area contributed by atoms with Crippen molar-refractivity contribution in [2.24, 2.45) is 5.92 Å². The van der Waals surface area contributed by atoms with Crippen LogP contribution in [0.1, 0.15) is 15.9 Å². The summed E-state index contributed by atoms with van der Waals surface area (Å²) in [6.07, 6.45) is 1.52. The quantitative estimate of drug-likeness (QED) is 0.583. The van der Waals surface area contributed by atoms with Crippen LogP contribution in [-0.4, -0.2) is 16.7 Å². The van der Waals surface area contributed by atoms with Gasteiger partial charge in [0.2, 0.25) is 0 Å². The second-order valence-electron chi connectivity index (χ2n) is 5.28. The van der Waals surface area contributed by atoms with Gasteiger partial charge in [-0.1, -0.05) is 18.2 Å². The van der Waals surface area contributed by atoms with Crippen LogP contribution in [0.3, 0.4) is 0 Å². The number of thiophene rings is 1. The Bertz CT molecular complexity index is 957. The maximum Gasteiger partial charge on any atom is 0.250 e. The topological polar surface area (TPSA) is 82.8 Å². The number of hydrogen-bond donors (Lipinski definition) is 1. The summed E-state index contributed by atoms with van der Waals surface area (Å²) in [5, 5.41) is 14.3. The maximum atomic E-state index is 12.7. The lowest BCUT2D eigenvalue weighted by molar-refractivity contribution is -0.117. The summed E-state index contributed by atoms with van der Waals surface area (Å²) >= 11 is 1.43. The average Bonchev–Trinajstić information content (AvgIpc) is 2.99. The van der Waals surface area contributed by atoms with Crippen LogP contribution in [-0.2, 0) is 4.79 Å². The molecule has 0 saturated heterocycles. The third-order valence-corrected chi connectivity index (χ3v) is 4.51. The molecular weight excluding hydrogens is 322 g/mol. The standard InChI is InChI=1S/C18H13N3O2S/c1-11-5-6-12-14(10-24-15(12)8-11)17(22)13(9-19)18(23)21-16-4-2-3-7-20-16/h2-8,10,13H,1H3,(H,20,21,23)/t13-/m1/s1. The molecule has 1 N–H and O–H groups in total. The smallest absolute Gasteiger partial charge is 0.250 e. The number of carbonyl (C=O) groups excluding carboxylic acids is 2. The van der Waals surface area contributed by atoms with E-state index in [4.69, 9.17) is 0 Å². The number of pyridine rings is 1. The van der Waals surface area contributed by atoms with Crippen molar-refractivity contribution in [3.05, 3.63) is 59.1 Å². The molecule has 1 aromatic carbocycles. The lowest BCUT2D eigenvalue weighted by Crippen LogP contribution is -2.28. The fourth-order valence-corrected chi connectivity index (χ4v) is 3.40. The van der Waals surface area contributed by atoms with Crippen molar-refractivity contribution in [1.82, 2.24) is 4.98 Å². The van der Waals surface area contributed by atoms with Gasteiger partial charge in [-0.15, -0.1) is 11.3 Å². The molecular formula is C18H13N3O2S. The number of hydrogen-bond acceptors (Lipinski definition) is 5. The SMILES string of the molecule is Cc1ccc2c(C(=O)[C@@H](C#N)C(=O)Nc3ccccn3)csc2c1. The van der Waals surface area contributed by atoms with Crippen molar-refractivity contribution >= 4 is 38.9 Å². The van der Waals surface area contributed by atoms with Crippen LogP contribution in [0.15, 0.2) is 48.0 Å². The molecule has 118 valence electrons. The second kappa shape index (κ2) is 6.60. The molecule has 0 fully saturated rings. The molecule has 0 aliphatic rings. The van der Waals surface area contributed by atoms with Gasteiger partial charge in [-0.2, -0.15) is 5.26 Å². The lowest BCUT2D eigenvalue weighted by atomic mass is 9.97. The average molecular weight is 335 g/mol. The van der Waals surface area contributed by atoms with E-state index in [1.54, 1.807) is 29.6 Å². The van der Waals surface area contributed by atoms with Gasteiger partial charge >= 0.3 is 0 Å². The molecule has 0 spiro atoms. The molecule has 5 nitrogen and oxygen atoms in total. The zero-order chi connectivity index (χ0) is 17.1. The Morgan fingerprint density at radius 1 is 1.29 bits per heavy atom. The van der Waals surface area contributed by atoms with Crippen molar-refractivity contribution in [2.45, 2.75) is 6.92 Å². The van der Waals surface area contributed by atoms with Crippen molar-refractivity contribution in [3.8, 4) is 6.07 Å². The Kier molecular flexibility index (Phi) is 4.36. The molecule has 24 heavy (non-hydrogen) atoms. The predicted molar refractivity (Wildman–Crippen MR) is 92.9 cm³/mol. The van der Waals surface area contributed by atoms with Crippen LogP contribution in [0.4, 0.5) is 5.82 Å². The first-order valence-electron chi connectivity index (χ1n) is 7.23. The minimum Gasteiger partial charge on any atom is -0.309 e. The zero-order valence-electron chi connectivity index (χ0n) is 12.8. The number of carbonyl (C=O) groups is 2. The van der Waals surface area contributed by atoms with Gasteiger partial charge in [-0.05, 0) is 30.7 Å². The molecule has 0 saturated carbocycles. The van der Waals surface area contributed by atoms with Gasteiger partial charge in [-0.25, -0.2) is 4.98 Å². The molecule has 3 rings (SSSR count). The number of nitriles is 1. The van der Waals surface area contributed by atoms with Crippen molar-refractivity contribution < 1.29 is 9.59 Å². The number of fused-ring (bicyclic) bond motifs is 1. The number of rotatable bonds is 4. The van der Waals surface area contributed by atoms with Crippen molar-refractivity contribution in [1.29, 1.82) is 5.26 Å². The van der Waals surface area contributed by atoms with Gasteiger partial charge in [0, 0.05) is 27.2 Å². The Morgan fingerprint density at radius 3 is 2.83 bits per heavy atom. The maximum absolute atomic E-state index is 12.7. The van der Waals surface area contributed by atoms with Gasteiger partial charge in [0.05, 0.1) is 6.07 Å². The van der Waals surface area contributed by atoms with E-state index in [1.807, 2.05) is 25.1 Å². The minimum absolute atomic E-state index is 0.307. The minimum atomic E-state index is -1.41. The first-order chi connectivity index (χ1) is 11.6. The van der Waals surface area contributed by atoms with E-state index in [1.165, 1.54) is 17.5 Å². The number of benzene rings is 1. The van der Waals surface area contributed by atoms with Crippen LogP contribution >= 0.6 is 11.3 Å². The van der Waals surface area contributed by atoms with E-state index in [0.29, 0.717) is 11.4 Å². The fraction of sp³-hybridized carbons (Fsp3) is 0.111. The second-order valence-corrected chi connectivity index (χ2v) is 6.19. The molecule has 2 aromatic heterocycles. The summed E-state index contributed by atoms with van der Waals surface area (Å²) in [5.41, 5.74) is 1.49. The highest BCUT2D eigenvalue weighted by Gasteiger charge is 2.29. The van der Waals surface area contributed by atoms with E-state index in [0.717, 1.165) is 15.6 Å². The summed E-state index contributed by atoms with van der Waals surface area (Å²) in [5.74, 6) is -2.28. The molecule has 0 aliphatic heterocycles. The molecule has 6 heteroatoms. The number of nitrogens with zero attached hydrogens (tertiary/aromatic N) is 2. The summed E-state index contributed by atoms with van der Waals surface area (Å²) in [6.45, 7) is 1.97. The van der Waals surface area contributed by atoms with Crippen LogP contribution in [0, 0.1) is 24.2 Å². The van der Waals surface area contributed by atoms with E-state index in [2.05, 4.69) is 10.3 Å². The highest BCUT2D eigenvalue weighted by atomic mass is 32.1. The molecule has 3 aromatic rings. The Labute approximate surface area is 142 Å². The Morgan fingerprint density at radius 2 is 2.12 bits per heavy atom. The van der Waals surface area contributed by atoms with Gasteiger partial charge in [0.25, 0.3) is 5.91 Å². The molecule has 0 aliphatic carbocycles. The first kappa shape index (κ1) is 15.8. The van der Waals surface area contributed by atoms with Gasteiger partial charge in [-0.3, -0.25) is 9.59 Å². The lowest BCUT2D eigenvalue weighted by Gasteiger charge is -2.08. The molecule has 2 heterocycles. The number of anilines is 1. The van der Waals surface area contributed by atoms with Crippen LogP contribution < -0.4 is 5.32 Å². The molecule has 1 atom stereocenters. The van der Waals surface area contributed by atoms with Crippen LogP contribution in [0.5, 0.6) is 0 Å². The monoisotopic (exact) mass is 335 g/mol. The number of Topliss-reactive ketones (excluding diaryl/α,β-unsaturated/α-hetero) is 1. The third kappa shape index (κ3) is 3.03. The van der Waals surface area contributed by atoms with Gasteiger partial charge in [0.15, 0.2) is 11.7 Å². The Hall–Kier alpha value is -3.04. The number of aryl methyl sites for hydroxylation is 1. The predicted octanol–water partition coefficient (Wildman–Crippen LogP) is 3.57. The number of aromatic nitrogens is 1. The summed E-state index contributed by atoms with van der Waals surface area (Å²) < 4.78 is 0.958. The van der Waals surface area contributed by atoms with Gasteiger partial charge < -0.3 is 5.32 Å². The van der Waals surface area contributed by atoms with E-state index in [-0.39, 0.29) is 0 Å². The van der Waals surface area contributed by atoms with Crippen molar-refractivity contribution in [2.75, 3.05) is 5.32 Å². The van der Waals surface area contributed by atoms with E-state index in [9.17, 15) is 14.9 Å². The Balaban J connectivity index is 1.88. The zero-order valence-corrected chi connectivity index (χ0v) is 13.6. The van der Waals surface area contributed by atoms with Gasteiger partial charge in [0.1, 0.15) is 5.82 Å². The first-order valence-corrected chi connectivity index (χ1v) is 8.11. The fourth-order valence-electron chi connectivity index (χ4n) is 2.35. The summed E-state index contributed by atoms with van der Waals surface area (Å²) in [4.78, 5) is 28.9.